The average molecular weight is 619 g/mol. The maximum Gasteiger partial charge on any atom is 0.416 e. The molecular formula is C29H29F7N2O5. The molecule has 0 saturated carbocycles. The second kappa shape index (κ2) is 12.0. The van der Waals surface area contributed by atoms with E-state index in [-0.39, 0.29) is 30.9 Å². The summed E-state index contributed by atoms with van der Waals surface area (Å²) in [6, 6.07) is 2.96. The van der Waals surface area contributed by atoms with E-state index in [1.54, 1.807) is 12.1 Å². The summed E-state index contributed by atoms with van der Waals surface area (Å²) in [6.07, 6.45) is -11.3. The van der Waals surface area contributed by atoms with Crippen LogP contribution in [-0.4, -0.2) is 55.0 Å². The van der Waals surface area contributed by atoms with Crippen molar-refractivity contribution < 1.29 is 54.5 Å². The van der Waals surface area contributed by atoms with E-state index in [4.69, 9.17) is 14.2 Å². The molecule has 0 spiro atoms. The largest absolute Gasteiger partial charge is 0.496 e. The number of alkyl halides is 6. The molecular weight excluding hydrogens is 589 g/mol. The number of carbonyl (C=O) groups is 2. The Morgan fingerprint density at radius 1 is 1.05 bits per heavy atom. The van der Waals surface area contributed by atoms with Gasteiger partial charge in [-0.05, 0) is 60.2 Å². The van der Waals surface area contributed by atoms with Crippen molar-refractivity contribution in [2.75, 3.05) is 26.9 Å². The van der Waals surface area contributed by atoms with Crippen molar-refractivity contribution in [1.29, 1.82) is 0 Å². The molecule has 0 N–H and O–H groups in total. The summed E-state index contributed by atoms with van der Waals surface area (Å²) in [4.78, 5) is 27.5. The molecule has 7 nitrogen and oxygen atoms in total. The molecule has 43 heavy (non-hydrogen) atoms. The quantitative estimate of drug-likeness (QED) is 0.310. The second-order valence-electron chi connectivity index (χ2n) is 10.5. The number of cyclic esters (lactones) is 1. The van der Waals surface area contributed by atoms with Gasteiger partial charge in [0.05, 0.1) is 24.3 Å². The molecule has 2 atom stereocenters. The molecule has 0 radical (unpaired) electrons. The third-order valence-corrected chi connectivity index (χ3v) is 7.41. The van der Waals surface area contributed by atoms with Crippen LogP contribution in [0.15, 0.2) is 36.4 Å². The van der Waals surface area contributed by atoms with Gasteiger partial charge in [-0.15, -0.1) is 0 Å². The zero-order valence-corrected chi connectivity index (χ0v) is 23.6. The van der Waals surface area contributed by atoms with Gasteiger partial charge in [0.25, 0.3) is 0 Å². The fourth-order valence-electron chi connectivity index (χ4n) is 4.99. The van der Waals surface area contributed by atoms with E-state index < -0.39 is 60.1 Å². The second-order valence-corrected chi connectivity index (χ2v) is 10.5. The van der Waals surface area contributed by atoms with E-state index in [0.29, 0.717) is 35.4 Å². The standard InChI is InChI=1S/C29H29F7N2O5/c1-15(2)21-12-22(24(41-4)13-23(21)30)17-5-7-37(8-6-17)26(39)42-14-38-16(3)25(43-27(38)40)18-9-19(28(31,32)33)11-20(10-18)29(34,35)36/h5,9-13,15-16,25H,6-8,14H2,1-4H3/t16-,25-/m0/s1. The lowest BCUT2D eigenvalue weighted by molar-refractivity contribution is -0.143. The first kappa shape index (κ1) is 32.0. The number of benzene rings is 2. The molecule has 0 bridgehead atoms. The first-order valence-electron chi connectivity index (χ1n) is 13.3. The number of carbonyl (C=O) groups excluding carboxylic acids is 2. The van der Waals surface area contributed by atoms with Crippen LogP contribution in [0.5, 0.6) is 5.75 Å². The average Bonchev–Trinajstić information content (AvgIpc) is 3.22. The van der Waals surface area contributed by atoms with Gasteiger partial charge in [0.1, 0.15) is 17.7 Å². The maximum atomic E-state index is 14.4. The summed E-state index contributed by atoms with van der Waals surface area (Å²) >= 11 is 0. The van der Waals surface area contributed by atoms with Crippen LogP contribution in [0.3, 0.4) is 0 Å². The minimum Gasteiger partial charge on any atom is -0.496 e. The Labute approximate surface area is 242 Å². The monoisotopic (exact) mass is 618 g/mol. The summed E-state index contributed by atoms with van der Waals surface area (Å²) in [5.74, 6) is -0.105. The number of rotatable bonds is 6. The summed E-state index contributed by atoms with van der Waals surface area (Å²) in [5, 5.41) is 0. The van der Waals surface area contributed by atoms with E-state index in [1.807, 2.05) is 13.8 Å². The zero-order chi connectivity index (χ0) is 31.9. The Morgan fingerprint density at radius 2 is 1.67 bits per heavy atom. The highest BCUT2D eigenvalue weighted by molar-refractivity contribution is 5.76. The smallest absolute Gasteiger partial charge is 0.416 e. The number of halogens is 7. The summed E-state index contributed by atoms with van der Waals surface area (Å²) in [6.45, 7) is 4.78. The molecule has 1 saturated heterocycles. The normalized spacial score (nSPS) is 19.4. The van der Waals surface area contributed by atoms with Crippen LogP contribution >= 0.6 is 0 Å². The third-order valence-electron chi connectivity index (χ3n) is 7.41. The summed E-state index contributed by atoms with van der Waals surface area (Å²) in [5.41, 5.74) is -1.53. The van der Waals surface area contributed by atoms with Gasteiger partial charge in [-0.3, -0.25) is 4.90 Å². The van der Waals surface area contributed by atoms with Gasteiger partial charge in [-0.25, -0.2) is 14.0 Å². The Hall–Kier alpha value is -3.97. The molecule has 4 rings (SSSR count). The van der Waals surface area contributed by atoms with Gasteiger partial charge in [0, 0.05) is 24.7 Å². The lowest BCUT2D eigenvalue weighted by Gasteiger charge is -2.28. The molecule has 0 unspecified atom stereocenters. The van der Waals surface area contributed by atoms with E-state index in [1.165, 1.54) is 25.0 Å². The SMILES string of the molecule is COc1cc(F)c(C(C)C)cc1C1=CCN(C(=O)OCN2C(=O)O[C@H](c3cc(C(F)(F)F)cc(C(F)(F)F)c3)[C@@H]2C)CC1. The molecule has 234 valence electrons. The van der Waals surface area contributed by atoms with Crippen LogP contribution in [0.2, 0.25) is 0 Å². The number of amides is 2. The van der Waals surface area contributed by atoms with Crippen LogP contribution in [0.25, 0.3) is 5.57 Å². The van der Waals surface area contributed by atoms with Gasteiger partial charge in [0.2, 0.25) is 0 Å². The fourth-order valence-corrected chi connectivity index (χ4v) is 4.99. The van der Waals surface area contributed by atoms with Crippen molar-refractivity contribution in [3.05, 3.63) is 70.0 Å². The van der Waals surface area contributed by atoms with E-state index in [2.05, 4.69) is 0 Å². The van der Waals surface area contributed by atoms with E-state index >= 15 is 0 Å². The Bertz CT molecular complexity index is 1390. The molecule has 14 heteroatoms. The highest BCUT2D eigenvalue weighted by Gasteiger charge is 2.43. The van der Waals surface area contributed by atoms with Gasteiger partial charge < -0.3 is 19.1 Å². The zero-order valence-electron chi connectivity index (χ0n) is 23.6. The van der Waals surface area contributed by atoms with Crippen LogP contribution in [0.4, 0.5) is 40.3 Å². The van der Waals surface area contributed by atoms with Gasteiger partial charge in [-0.2, -0.15) is 26.3 Å². The predicted octanol–water partition coefficient (Wildman–Crippen LogP) is 7.76. The third kappa shape index (κ3) is 6.83. The van der Waals surface area contributed by atoms with Gasteiger partial charge in [-0.1, -0.05) is 19.9 Å². The Kier molecular flexibility index (Phi) is 8.89. The molecule has 2 aromatic carbocycles. The maximum absolute atomic E-state index is 14.4. The van der Waals surface area contributed by atoms with Crippen LogP contribution < -0.4 is 4.74 Å². The van der Waals surface area contributed by atoms with E-state index in [0.717, 1.165) is 10.5 Å². The van der Waals surface area contributed by atoms with Crippen LogP contribution in [0.1, 0.15) is 67.0 Å². The predicted molar refractivity (Wildman–Crippen MR) is 140 cm³/mol. The number of nitrogens with zero attached hydrogens (tertiary/aromatic N) is 2. The highest BCUT2D eigenvalue weighted by atomic mass is 19.4. The number of hydrogen-bond donors (Lipinski definition) is 0. The van der Waals surface area contributed by atoms with Crippen molar-refractivity contribution in [3.63, 3.8) is 0 Å². The summed E-state index contributed by atoms with van der Waals surface area (Å²) < 4.78 is 110. The summed E-state index contributed by atoms with van der Waals surface area (Å²) in [7, 11) is 1.43. The molecule has 2 aromatic rings. The van der Waals surface area contributed by atoms with Crippen molar-refractivity contribution in [1.82, 2.24) is 9.80 Å². The molecule has 2 aliphatic rings. The lowest BCUT2D eigenvalue weighted by Crippen LogP contribution is -2.40. The van der Waals surface area contributed by atoms with Crippen molar-refractivity contribution in [2.45, 2.75) is 57.6 Å². The Morgan fingerprint density at radius 3 is 2.19 bits per heavy atom. The Balaban J connectivity index is 1.44. The molecule has 1 fully saturated rings. The molecule has 0 aromatic heterocycles. The van der Waals surface area contributed by atoms with Gasteiger partial charge in [0.15, 0.2) is 6.73 Å². The number of hydrogen-bond acceptors (Lipinski definition) is 5. The highest BCUT2D eigenvalue weighted by Crippen LogP contribution is 2.41. The first-order valence-corrected chi connectivity index (χ1v) is 13.3. The molecule has 2 amide bonds. The fraction of sp³-hybridized carbons (Fsp3) is 0.448. The minimum absolute atomic E-state index is 0.0155. The van der Waals surface area contributed by atoms with Crippen molar-refractivity contribution in [3.8, 4) is 5.75 Å². The van der Waals surface area contributed by atoms with Gasteiger partial charge >= 0.3 is 24.5 Å². The molecule has 2 aliphatic heterocycles. The number of methoxy groups -OCH3 is 1. The number of ether oxygens (including phenoxy) is 3. The molecule has 2 heterocycles. The first-order chi connectivity index (χ1) is 20.0. The topological polar surface area (TPSA) is 68.3 Å². The minimum atomic E-state index is -5.07. The molecule has 0 aliphatic carbocycles. The van der Waals surface area contributed by atoms with Crippen molar-refractivity contribution in [2.24, 2.45) is 0 Å². The lowest BCUT2D eigenvalue weighted by atomic mass is 9.93. The van der Waals surface area contributed by atoms with E-state index in [9.17, 15) is 40.3 Å². The van der Waals surface area contributed by atoms with Crippen LogP contribution in [-0.2, 0) is 21.8 Å². The van der Waals surface area contributed by atoms with Crippen molar-refractivity contribution >= 4 is 17.8 Å². The van der Waals surface area contributed by atoms with Crippen LogP contribution in [0, 0.1) is 5.82 Å².